The van der Waals surface area contributed by atoms with Crippen molar-refractivity contribution in [2.24, 2.45) is 0 Å². The molecule has 0 aliphatic heterocycles. The van der Waals surface area contributed by atoms with Gasteiger partial charge in [0.05, 0.1) is 0 Å². The Morgan fingerprint density at radius 2 is 0.455 bits per heavy atom. The molecule has 0 aromatic rings. The maximum absolute atomic E-state index is 9.75. The first-order chi connectivity index (χ1) is 4.00. The Morgan fingerprint density at radius 1 is 0.455 bits per heavy atom. The first-order valence-corrected chi connectivity index (χ1v) is 1.75. The van der Waals surface area contributed by atoms with E-state index in [2.05, 4.69) is 0 Å². The summed E-state index contributed by atoms with van der Waals surface area (Å²) in [4.78, 5) is 0. The minimum absolute atomic E-state index is 0. The van der Waals surface area contributed by atoms with Gasteiger partial charge in [0, 0.05) is 18.9 Å². The Morgan fingerprint density at radius 3 is 0.455 bits per heavy atom. The molecule has 0 amide bonds. The van der Waals surface area contributed by atoms with Crippen LogP contribution < -0.4 is 0 Å². The van der Waals surface area contributed by atoms with Gasteiger partial charge in [-0.1, -0.05) is 0 Å². The fourth-order valence-corrected chi connectivity index (χ4v) is 0. The number of hydrogen-bond acceptors (Lipinski definition) is 0. The summed E-state index contributed by atoms with van der Waals surface area (Å²) in [5, 5.41) is 0. The Labute approximate surface area is 68.7 Å². The average Bonchev–Trinajstić information content (AvgIpc) is 1.12. The summed E-state index contributed by atoms with van der Waals surface area (Å²) in [5.74, 6) is 0. The third-order valence-electron chi connectivity index (χ3n) is 0. The van der Waals surface area contributed by atoms with Crippen molar-refractivity contribution in [2.45, 2.75) is 0 Å². The van der Waals surface area contributed by atoms with Crippen molar-refractivity contribution < 1.29 is 34.5 Å². The standard InChI is InChI=1S/2BF4.Li/c2*2-1(3,4)5;/q2*-1;. The number of halogens is 8. The van der Waals surface area contributed by atoms with E-state index in [1.54, 1.807) is 0 Å². The smallest absolute Gasteiger partial charge is 0.418 e. The van der Waals surface area contributed by atoms with E-state index in [0.29, 0.717) is 0 Å². The van der Waals surface area contributed by atoms with Crippen molar-refractivity contribution in [1.29, 1.82) is 0 Å². The van der Waals surface area contributed by atoms with Crippen molar-refractivity contribution in [3.63, 3.8) is 0 Å². The van der Waals surface area contributed by atoms with E-state index in [-0.39, 0.29) is 18.9 Å². The summed E-state index contributed by atoms with van der Waals surface area (Å²) < 4.78 is 78.0. The number of hydrogen-bond donors (Lipinski definition) is 0. The Hall–Kier alpha value is 0.167. The van der Waals surface area contributed by atoms with E-state index in [4.69, 9.17) is 0 Å². The van der Waals surface area contributed by atoms with Gasteiger partial charge in [0.2, 0.25) is 0 Å². The topological polar surface area (TPSA) is 0 Å². The Bertz CT molecular complexity index is 55.1. The van der Waals surface area contributed by atoms with Crippen LogP contribution in [0.3, 0.4) is 0 Å². The number of rotatable bonds is 0. The summed E-state index contributed by atoms with van der Waals surface area (Å²) in [5.41, 5.74) is 0. The largest absolute Gasteiger partial charge is 0.673 e. The van der Waals surface area contributed by atoms with Gasteiger partial charge in [0.15, 0.2) is 0 Å². The van der Waals surface area contributed by atoms with Crippen molar-refractivity contribution in [1.82, 2.24) is 0 Å². The molecule has 0 fully saturated rings. The van der Waals surface area contributed by atoms with E-state index in [9.17, 15) is 34.5 Å². The zero-order valence-corrected chi connectivity index (χ0v) is 5.18. The molecule has 0 nitrogen and oxygen atoms in total. The van der Waals surface area contributed by atoms with Gasteiger partial charge in [-0.3, -0.25) is 0 Å². The molecule has 0 aromatic heterocycles. The third kappa shape index (κ3) is 24200. The van der Waals surface area contributed by atoms with Crippen LogP contribution in [0.25, 0.3) is 0 Å². The van der Waals surface area contributed by atoms with E-state index in [1.807, 2.05) is 0 Å². The molecule has 0 unspecified atom stereocenters. The SMILES string of the molecule is F[B-](F)(F)F.F[B-](F)(F)F.[Li]. The molecule has 11 heteroatoms. The molecule has 0 aromatic carbocycles. The fraction of sp³-hybridized carbons (Fsp3) is 0. The molecule has 0 saturated carbocycles. The van der Waals surface area contributed by atoms with Crippen LogP contribution in [0.15, 0.2) is 0 Å². The molecule has 0 saturated heterocycles. The molecule has 0 bridgehead atoms. The van der Waals surface area contributed by atoms with Crippen molar-refractivity contribution in [3.05, 3.63) is 0 Å². The second kappa shape index (κ2) is 5.77. The average molecular weight is 181 g/mol. The van der Waals surface area contributed by atoms with Gasteiger partial charge >= 0.3 is 14.5 Å². The summed E-state index contributed by atoms with van der Waals surface area (Å²) in [6, 6.07) is 0. The normalized spacial score (nSPS) is 10.9. The van der Waals surface area contributed by atoms with Crippen molar-refractivity contribution >= 4 is 33.4 Å². The van der Waals surface area contributed by atoms with E-state index in [1.165, 1.54) is 0 Å². The van der Waals surface area contributed by atoms with Crippen molar-refractivity contribution in [3.8, 4) is 0 Å². The predicted molar refractivity (Wildman–Crippen MR) is 26.1 cm³/mol. The van der Waals surface area contributed by atoms with Crippen LogP contribution in [0.2, 0.25) is 0 Å². The predicted octanol–water partition coefficient (Wildman–Crippen LogP) is 2.22. The summed E-state index contributed by atoms with van der Waals surface area (Å²) in [6.07, 6.45) is 0. The van der Waals surface area contributed by atoms with Gasteiger partial charge < -0.3 is 34.5 Å². The van der Waals surface area contributed by atoms with Gasteiger partial charge in [0.25, 0.3) is 0 Å². The first-order valence-electron chi connectivity index (χ1n) is 1.75. The molecule has 11 heavy (non-hydrogen) atoms. The maximum atomic E-state index is 9.75. The molecule has 0 aliphatic rings. The summed E-state index contributed by atoms with van der Waals surface area (Å²) >= 11 is 0. The van der Waals surface area contributed by atoms with Gasteiger partial charge in [-0.15, -0.1) is 0 Å². The van der Waals surface area contributed by atoms with Gasteiger partial charge in [-0.25, -0.2) is 0 Å². The molecular weight excluding hydrogens is 181 g/mol. The molecule has 0 heterocycles. The molecule has 0 rings (SSSR count). The molecule has 0 atom stereocenters. The van der Waals surface area contributed by atoms with Gasteiger partial charge in [-0.05, 0) is 0 Å². The van der Waals surface area contributed by atoms with Gasteiger partial charge in [0.1, 0.15) is 0 Å². The minimum atomic E-state index is -6.00. The van der Waals surface area contributed by atoms with Crippen LogP contribution in [0.4, 0.5) is 34.5 Å². The molecule has 0 N–H and O–H groups in total. The third-order valence-corrected chi connectivity index (χ3v) is 0. The Kier molecular flexibility index (Phi) is 9.08. The Balaban J connectivity index is -0.000000107. The second-order valence-corrected chi connectivity index (χ2v) is 0.990. The summed E-state index contributed by atoms with van der Waals surface area (Å²) in [7, 11) is -12.0. The quantitative estimate of drug-likeness (QED) is 0.396. The van der Waals surface area contributed by atoms with Gasteiger partial charge in [-0.2, -0.15) is 0 Å². The fourth-order valence-electron chi connectivity index (χ4n) is 0. The van der Waals surface area contributed by atoms with E-state index in [0.717, 1.165) is 0 Å². The van der Waals surface area contributed by atoms with Crippen LogP contribution in [0.1, 0.15) is 0 Å². The van der Waals surface area contributed by atoms with E-state index >= 15 is 0 Å². The zero-order valence-electron chi connectivity index (χ0n) is 5.18. The molecular formula is B2F8Li-2. The van der Waals surface area contributed by atoms with Crippen LogP contribution >= 0.6 is 0 Å². The van der Waals surface area contributed by atoms with Crippen molar-refractivity contribution in [2.75, 3.05) is 0 Å². The van der Waals surface area contributed by atoms with E-state index < -0.39 is 14.5 Å². The summed E-state index contributed by atoms with van der Waals surface area (Å²) in [6.45, 7) is 0. The van der Waals surface area contributed by atoms with Crippen LogP contribution in [-0.4, -0.2) is 33.4 Å². The second-order valence-electron chi connectivity index (χ2n) is 0.990. The molecule has 65 valence electrons. The molecule has 0 aliphatic carbocycles. The first kappa shape index (κ1) is 17.3. The minimum Gasteiger partial charge on any atom is -0.418 e. The van der Waals surface area contributed by atoms with Crippen LogP contribution in [0, 0.1) is 0 Å². The molecule has 0 spiro atoms. The monoisotopic (exact) mass is 181 g/mol. The van der Waals surface area contributed by atoms with Crippen LogP contribution in [-0.2, 0) is 0 Å². The molecule has 1 radical (unpaired) electrons. The zero-order chi connectivity index (χ0) is 9.00. The maximum Gasteiger partial charge on any atom is 0.673 e. The van der Waals surface area contributed by atoms with Crippen LogP contribution in [0.5, 0.6) is 0 Å².